The van der Waals surface area contributed by atoms with E-state index in [1.54, 1.807) is 4.90 Å². The van der Waals surface area contributed by atoms with Crippen molar-refractivity contribution in [3.8, 4) is 0 Å². The van der Waals surface area contributed by atoms with Gasteiger partial charge in [-0.15, -0.1) is 0 Å². The molecule has 6 heteroatoms. The van der Waals surface area contributed by atoms with E-state index in [1.165, 1.54) is 6.07 Å². The highest BCUT2D eigenvalue weighted by Crippen LogP contribution is 2.22. The molecule has 0 bridgehead atoms. The molecule has 4 nitrogen and oxygen atoms in total. The molecule has 0 saturated carbocycles. The lowest BCUT2D eigenvalue weighted by atomic mass is 10.1. The maximum atomic E-state index is 13.8. The number of rotatable bonds is 2. The fourth-order valence-electron chi connectivity index (χ4n) is 3.02. The third kappa shape index (κ3) is 3.00. The largest absolute Gasteiger partial charge is 0.366 e. The Morgan fingerprint density at radius 3 is 2.62 bits per heavy atom. The molecule has 2 heterocycles. The smallest absolute Gasteiger partial charge is 0.227 e. The number of piperazine rings is 1. The first-order valence-electron chi connectivity index (χ1n) is 7.34. The lowest BCUT2D eigenvalue weighted by molar-refractivity contribution is -0.135. The zero-order chi connectivity index (χ0) is 14.8. The van der Waals surface area contributed by atoms with Crippen LogP contribution >= 0.6 is 0 Å². The minimum absolute atomic E-state index is 0.0717. The Labute approximate surface area is 122 Å². The van der Waals surface area contributed by atoms with E-state index in [2.05, 4.69) is 5.32 Å². The van der Waals surface area contributed by atoms with Crippen LogP contribution in [0, 0.1) is 17.6 Å². The zero-order valence-corrected chi connectivity index (χ0v) is 11.8. The molecule has 1 amide bonds. The van der Waals surface area contributed by atoms with E-state index >= 15 is 0 Å². The Morgan fingerprint density at radius 2 is 1.95 bits per heavy atom. The van der Waals surface area contributed by atoms with E-state index in [4.69, 9.17) is 0 Å². The molecule has 1 atom stereocenters. The molecule has 1 N–H and O–H groups in total. The molecule has 3 rings (SSSR count). The SMILES string of the molecule is O=C([C@@H]1CCNC1)N1CCN(c2cc(F)ccc2F)CC1. The van der Waals surface area contributed by atoms with E-state index < -0.39 is 11.6 Å². The predicted octanol–water partition coefficient (Wildman–Crippen LogP) is 1.22. The molecule has 0 aromatic heterocycles. The van der Waals surface area contributed by atoms with Crippen LogP contribution in [0.25, 0.3) is 0 Å². The van der Waals surface area contributed by atoms with Gasteiger partial charge in [-0.05, 0) is 25.1 Å². The Bertz CT molecular complexity index is 524. The summed E-state index contributed by atoms with van der Waals surface area (Å²) in [5.41, 5.74) is 0.282. The lowest BCUT2D eigenvalue weighted by Crippen LogP contribution is -2.50. The summed E-state index contributed by atoms with van der Waals surface area (Å²) in [5, 5.41) is 3.19. The van der Waals surface area contributed by atoms with E-state index in [-0.39, 0.29) is 17.5 Å². The Kier molecular flexibility index (Phi) is 4.05. The van der Waals surface area contributed by atoms with Gasteiger partial charge in [0.15, 0.2) is 0 Å². The van der Waals surface area contributed by atoms with Gasteiger partial charge in [-0.3, -0.25) is 4.79 Å². The second-order valence-electron chi connectivity index (χ2n) is 5.60. The molecule has 2 fully saturated rings. The van der Waals surface area contributed by atoms with Gasteiger partial charge in [-0.1, -0.05) is 0 Å². The fraction of sp³-hybridized carbons (Fsp3) is 0.533. The first-order valence-corrected chi connectivity index (χ1v) is 7.34. The number of benzene rings is 1. The summed E-state index contributed by atoms with van der Waals surface area (Å²) in [5.74, 6) is -0.611. The van der Waals surface area contributed by atoms with Gasteiger partial charge in [-0.25, -0.2) is 8.78 Å². The fourth-order valence-corrected chi connectivity index (χ4v) is 3.02. The van der Waals surface area contributed by atoms with Crippen LogP contribution in [-0.2, 0) is 4.79 Å². The van der Waals surface area contributed by atoms with Gasteiger partial charge < -0.3 is 15.1 Å². The van der Waals surface area contributed by atoms with Crippen molar-refractivity contribution in [3.05, 3.63) is 29.8 Å². The summed E-state index contributed by atoms with van der Waals surface area (Å²) in [4.78, 5) is 15.9. The lowest BCUT2D eigenvalue weighted by Gasteiger charge is -2.37. The van der Waals surface area contributed by atoms with Gasteiger partial charge in [0, 0.05) is 38.8 Å². The molecule has 2 saturated heterocycles. The van der Waals surface area contributed by atoms with Crippen LogP contribution in [-0.4, -0.2) is 50.1 Å². The molecule has 114 valence electrons. The van der Waals surface area contributed by atoms with Gasteiger partial charge in [-0.2, -0.15) is 0 Å². The number of halogens is 2. The number of nitrogens with zero attached hydrogens (tertiary/aromatic N) is 2. The normalized spacial score (nSPS) is 22.7. The second kappa shape index (κ2) is 5.97. The maximum Gasteiger partial charge on any atom is 0.227 e. The highest BCUT2D eigenvalue weighted by atomic mass is 19.1. The monoisotopic (exact) mass is 295 g/mol. The Hall–Kier alpha value is -1.69. The van der Waals surface area contributed by atoms with Crippen LogP contribution in [0.4, 0.5) is 14.5 Å². The molecule has 21 heavy (non-hydrogen) atoms. The Morgan fingerprint density at radius 1 is 1.19 bits per heavy atom. The average Bonchev–Trinajstić information content (AvgIpc) is 3.03. The van der Waals surface area contributed by atoms with E-state index in [1.807, 2.05) is 4.90 Å². The summed E-state index contributed by atoms with van der Waals surface area (Å²) in [6.07, 6.45) is 0.886. The van der Waals surface area contributed by atoms with Crippen LogP contribution in [0.3, 0.4) is 0 Å². The number of carbonyl (C=O) groups is 1. The summed E-state index contributed by atoms with van der Waals surface area (Å²) >= 11 is 0. The van der Waals surface area contributed by atoms with Crippen molar-refractivity contribution in [2.75, 3.05) is 44.2 Å². The molecule has 2 aliphatic heterocycles. The van der Waals surface area contributed by atoms with Crippen molar-refractivity contribution in [1.29, 1.82) is 0 Å². The van der Waals surface area contributed by atoms with Crippen molar-refractivity contribution in [3.63, 3.8) is 0 Å². The van der Waals surface area contributed by atoms with Crippen molar-refractivity contribution < 1.29 is 13.6 Å². The first-order chi connectivity index (χ1) is 10.1. The summed E-state index contributed by atoms with van der Waals surface area (Å²) in [6, 6.07) is 3.48. The maximum absolute atomic E-state index is 13.8. The molecule has 1 aromatic rings. The molecule has 0 spiro atoms. The second-order valence-corrected chi connectivity index (χ2v) is 5.60. The van der Waals surface area contributed by atoms with Crippen molar-refractivity contribution in [1.82, 2.24) is 10.2 Å². The van der Waals surface area contributed by atoms with Gasteiger partial charge >= 0.3 is 0 Å². The number of nitrogens with one attached hydrogen (secondary N) is 1. The predicted molar refractivity (Wildman–Crippen MR) is 76.1 cm³/mol. The molecule has 0 unspecified atom stereocenters. The molecular weight excluding hydrogens is 276 g/mol. The van der Waals surface area contributed by atoms with Crippen molar-refractivity contribution >= 4 is 11.6 Å². The van der Waals surface area contributed by atoms with Gasteiger partial charge in [0.05, 0.1) is 11.6 Å². The number of hydrogen-bond acceptors (Lipinski definition) is 3. The molecular formula is C15H19F2N3O. The number of amides is 1. The zero-order valence-electron chi connectivity index (χ0n) is 11.8. The molecule has 0 radical (unpaired) electrons. The van der Waals surface area contributed by atoms with Crippen molar-refractivity contribution in [2.24, 2.45) is 5.92 Å². The van der Waals surface area contributed by atoms with Crippen LogP contribution in [0.5, 0.6) is 0 Å². The van der Waals surface area contributed by atoms with Gasteiger partial charge in [0.1, 0.15) is 11.6 Å². The van der Waals surface area contributed by atoms with E-state index in [0.717, 1.165) is 31.6 Å². The van der Waals surface area contributed by atoms with Crippen molar-refractivity contribution in [2.45, 2.75) is 6.42 Å². The highest BCUT2D eigenvalue weighted by Gasteiger charge is 2.29. The van der Waals surface area contributed by atoms with Gasteiger partial charge in [0.25, 0.3) is 0 Å². The average molecular weight is 295 g/mol. The molecule has 2 aliphatic rings. The van der Waals surface area contributed by atoms with Crippen LogP contribution in [0.2, 0.25) is 0 Å². The summed E-state index contributed by atoms with van der Waals surface area (Å²) in [6.45, 7) is 3.83. The van der Waals surface area contributed by atoms with Gasteiger partial charge in [0.2, 0.25) is 5.91 Å². The number of carbonyl (C=O) groups excluding carboxylic acids is 1. The third-order valence-electron chi connectivity index (χ3n) is 4.25. The minimum Gasteiger partial charge on any atom is -0.366 e. The van der Waals surface area contributed by atoms with E-state index in [0.29, 0.717) is 26.2 Å². The molecule has 0 aliphatic carbocycles. The first kappa shape index (κ1) is 14.3. The standard InChI is InChI=1S/C15H19F2N3O/c16-12-1-2-13(17)14(9-12)19-5-7-20(8-6-19)15(21)11-3-4-18-10-11/h1-2,9,11,18H,3-8,10H2/t11-/m1/s1. The number of hydrogen-bond donors (Lipinski definition) is 1. The molecule has 1 aromatic carbocycles. The van der Waals surface area contributed by atoms with E-state index in [9.17, 15) is 13.6 Å². The summed E-state index contributed by atoms with van der Waals surface area (Å²) in [7, 11) is 0. The highest BCUT2D eigenvalue weighted by molar-refractivity contribution is 5.79. The Balaban J connectivity index is 1.62. The topological polar surface area (TPSA) is 35.6 Å². The van der Waals surface area contributed by atoms with Crippen LogP contribution in [0.15, 0.2) is 18.2 Å². The third-order valence-corrected chi connectivity index (χ3v) is 4.25. The minimum atomic E-state index is -0.443. The van der Waals surface area contributed by atoms with Crippen LogP contribution in [0.1, 0.15) is 6.42 Å². The quantitative estimate of drug-likeness (QED) is 0.891. The number of anilines is 1. The summed E-state index contributed by atoms with van der Waals surface area (Å²) < 4.78 is 27.0. The van der Waals surface area contributed by atoms with Crippen LogP contribution < -0.4 is 10.2 Å².